The van der Waals surface area contributed by atoms with E-state index in [9.17, 15) is 5.11 Å². The van der Waals surface area contributed by atoms with Crippen LogP contribution in [0.3, 0.4) is 0 Å². The molecule has 126 valence electrons. The van der Waals surface area contributed by atoms with Crippen molar-refractivity contribution in [3.05, 3.63) is 53.5 Å². The average molecular weight is 317 g/mol. The Morgan fingerprint density at radius 2 is 1.96 bits per heavy atom. The van der Waals surface area contributed by atoms with Gasteiger partial charge in [-0.1, -0.05) is 19.9 Å². The number of aliphatic hydroxyl groups excluding tert-OH is 1. The summed E-state index contributed by atoms with van der Waals surface area (Å²) < 4.78 is 10.8. The summed E-state index contributed by atoms with van der Waals surface area (Å²) in [5.74, 6) is 2.24. The number of rotatable bonds is 8. The lowest BCUT2D eigenvalue weighted by Crippen LogP contribution is -2.35. The minimum Gasteiger partial charge on any atom is -0.496 e. The van der Waals surface area contributed by atoms with E-state index in [1.807, 2.05) is 24.3 Å². The molecule has 0 bridgehead atoms. The monoisotopic (exact) mass is 317 g/mol. The molecule has 0 saturated heterocycles. The number of furan rings is 1. The van der Waals surface area contributed by atoms with Crippen LogP contribution in [0.2, 0.25) is 0 Å². The highest BCUT2D eigenvalue weighted by atomic mass is 16.5. The average Bonchev–Trinajstić information content (AvgIpc) is 3.06. The molecule has 23 heavy (non-hydrogen) atoms. The maximum Gasteiger partial charge on any atom is 0.124 e. The molecule has 0 fully saturated rings. The Hall–Kier alpha value is -1.78. The van der Waals surface area contributed by atoms with E-state index in [1.54, 1.807) is 13.4 Å². The van der Waals surface area contributed by atoms with Crippen molar-refractivity contribution >= 4 is 0 Å². The van der Waals surface area contributed by atoms with Crippen LogP contribution in [0.1, 0.15) is 37.7 Å². The molecule has 0 saturated carbocycles. The quantitative estimate of drug-likeness (QED) is 0.804. The molecule has 1 heterocycles. The number of hydrogen-bond acceptors (Lipinski definition) is 4. The molecule has 1 aromatic heterocycles. The zero-order valence-electron chi connectivity index (χ0n) is 14.5. The Balaban J connectivity index is 2.19. The van der Waals surface area contributed by atoms with Crippen LogP contribution in [-0.2, 0) is 19.7 Å². The van der Waals surface area contributed by atoms with Gasteiger partial charge in [0.25, 0.3) is 0 Å². The van der Waals surface area contributed by atoms with E-state index in [4.69, 9.17) is 9.15 Å². The molecular weight excluding hydrogens is 290 g/mol. The number of aliphatic hydroxyl groups is 1. The van der Waals surface area contributed by atoms with Gasteiger partial charge < -0.3 is 14.3 Å². The van der Waals surface area contributed by atoms with E-state index in [1.165, 1.54) is 0 Å². The first-order chi connectivity index (χ1) is 11.0. The fourth-order valence-corrected chi connectivity index (χ4v) is 2.66. The Kier molecular flexibility index (Phi) is 6.25. The summed E-state index contributed by atoms with van der Waals surface area (Å²) in [6.45, 7) is 8.25. The second-order valence-corrected chi connectivity index (χ2v) is 6.27. The highest BCUT2D eigenvalue weighted by molar-refractivity contribution is 5.36. The third-order valence-corrected chi connectivity index (χ3v) is 4.38. The van der Waals surface area contributed by atoms with Gasteiger partial charge in [0.1, 0.15) is 11.5 Å². The Labute approximate surface area is 138 Å². The van der Waals surface area contributed by atoms with Crippen LogP contribution in [0.15, 0.2) is 41.0 Å². The second-order valence-electron chi connectivity index (χ2n) is 6.27. The number of methoxy groups -OCH3 is 1. The van der Waals surface area contributed by atoms with Gasteiger partial charge in [0.05, 0.1) is 26.5 Å². The first kappa shape index (κ1) is 17.6. The Morgan fingerprint density at radius 3 is 2.52 bits per heavy atom. The minimum absolute atomic E-state index is 0.0189. The fraction of sp³-hybridized carbons (Fsp3) is 0.474. The number of nitrogens with zero attached hydrogens (tertiary/aromatic N) is 1. The molecule has 1 atom stereocenters. The van der Waals surface area contributed by atoms with E-state index in [0.29, 0.717) is 12.0 Å². The van der Waals surface area contributed by atoms with Crippen LogP contribution >= 0.6 is 0 Å². The summed E-state index contributed by atoms with van der Waals surface area (Å²) in [7, 11) is 1.62. The number of benzene rings is 1. The number of ether oxygens (including phenoxy) is 1. The van der Waals surface area contributed by atoms with Crippen LogP contribution in [-0.4, -0.2) is 23.2 Å². The van der Waals surface area contributed by atoms with Gasteiger partial charge in [-0.15, -0.1) is 0 Å². The standard InChI is InChI=1S/C19H27NO3/c1-14(2)15(3)20(12-18-6-5-9-23-18)11-16-7-8-19(22-4)17(10-16)13-21/h5-10,14-15,21H,11-13H2,1-4H3. The molecule has 0 radical (unpaired) electrons. The van der Waals surface area contributed by atoms with E-state index < -0.39 is 0 Å². The molecular formula is C19H27NO3. The van der Waals surface area contributed by atoms with Crippen molar-refractivity contribution in [2.75, 3.05) is 7.11 Å². The predicted molar refractivity (Wildman–Crippen MR) is 91.2 cm³/mol. The summed E-state index contributed by atoms with van der Waals surface area (Å²) in [6.07, 6.45) is 1.71. The van der Waals surface area contributed by atoms with Crippen LogP contribution < -0.4 is 4.74 Å². The van der Waals surface area contributed by atoms with Gasteiger partial charge in [0, 0.05) is 18.2 Å². The van der Waals surface area contributed by atoms with Crippen molar-refractivity contribution < 1.29 is 14.3 Å². The van der Waals surface area contributed by atoms with Gasteiger partial charge in [-0.2, -0.15) is 0 Å². The summed E-state index contributed by atoms with van der Waals surface area (Å²) in [5, 5.41) is 9.50. The lowest BCUT2D eigenvalue weighted by Gasteiger charge is -2.31. The first-order valence-electron chi connectivity index (χ1n) is 8.08. The van der Waals surface area contributed by atoms with E-state index >= 15 is 0 Å². The van der Waals surface area contributed by atoms with Crippen molar-refractivity contribution in [3.63, 3.8) is 0 Å². The molecule has 1 unspecified atom stereocenters. The predicted octanol–water partition coefficient (Wildman–Crippen LogP) is 3.83. The number of hydrogen-bond donors (Lipinski definition) is 1. The topological polar surface area (TPSA) is 45.8 Å². The molecule has 1 N–H and O–H groups in total. The largest absolute Gasteiger partial charge is 0.496 e. The van der Waals surface area contributed by atoms with Gasteiger partial charge >= 0.3 is 0 Å². The summed E-state index contributed by atoms with van der Waals surface area (Å²) >= 11 is 0. The highest BCUT2D eigenvalue weighted by Crippen LogP contribution is 2.23. The molecule has 0 aliphatic carbocycles. The maximum atomic E-state index is 9.50. The van der Waals surface area contributed by atoms with E-state index in [0.717, 1.165) is 35.7 Å². The molecule has 1 aromatic carbocycles. The van der Waals surface area contributed by atoms with Gasteiger partial charge in [0.2, 0.25) is 0 Å². The van der Waals surface area contributed by atoms with Crippen LogP contribution in [0.25, 0.3) is 0 Å². The lowest BCUT2D eigenvalue weighted by molar-refractivity contribution is 0.140. The summed E-state index contributed by atoms with van der Waals surface area (Å²) in [6, 6.07) is 10.3. The SMILES string of the molecule is COc1ccc(CN(Cc2ccco2)C(C)C(C)C)cc1CO. The van der Waals surface area contributed by atoms with E-state index in [-0.39, 0.29) is 6.61 Å². The minimum atomic E-state index is -0.0189. The molecule has 2 aromatic rings. The smallest absolute Gasteiger partial charge is 0.124 e. The van der Waals surface area contributed by atoms with Gasteiger partial charge in [-0.25, -0.2) is 0 Å². The van der Waals surface area contributed by atoms with Crippen LogP contribution in [0.4, 0.5) is 0 Å². The molecule has 2 rings (SSSR count). The summed E-state index contributed by atoms with van der Waals surface area (Å²) in [5.41, 5.74) is 1.98. The Morgan fingerprint density at radius 1 is 1.17 bits per heavy atom. The lowest BCUT2D eigenvalue weighted by atomic mass is 10.0. The van der Waals surface area contributed by atoms with Crippen molar-refractivity contribution in [3.8, 4) is 5.75 Å². The van der Waals surface area contributed by atoms with Gasteiger partial charge in [-0.05, 0) is 42.7 Å². The molecule has 4 nitrogen and oxygen atoms in total. The normalized spacial score (nSPS) is 12.8. The molecule has 4 heteroatoms. The molecule has 0 aliphatic rings. The van der Waals surface area contributed by atoms with E-state index in [2.05, 4.69) is 31.7 Å². The van der Waals surface area contributed by atoms with Gasteiger partial charge in [-0.3, -0.25) is 4.90 Å². The molecule has 0 amide bonds. The van der Waals surface area contributed by atoms with Crippen molar-refractivity contribution in [1.82, 2.24) is 4.90 Å². The third-order valence-electron chi connectivity index (χ3n) is 4.38. The van der Waals surface area contributed by atoms with Crippen molar-refractivity contribution in [2.24, 2.45) is 5.92 Å². The fourth-order valence-electron chi connectivity index (χ4n) is 2.66. The third kappa shape index (κ3) is 4.60. The maximum absolute atomic E-state index is 9.50. The molecule has 0 aliphatic heterocycles. The summed E-state index contributed by atoms with van der Waals surface area (Å²) in [4.78, 5) is 2.40. The van der Waals surface area contributed by atoms with Crippen LogP contribution in [0.5, 0.6) is 5.75 Å². The van der Waals surface area contributed by atoms with Crippen LogP contribution in [0, 0.1) is 5.92 Å². The first-order valence-corrected chi connectivity index (χ1v) is 8.08. The highest BCUT2D eigenvalue weighted by Gasteiger charge is 2.19. The molecule has 0 spiro atoms. The van der Waals surface area contributed by atoms with Gasteiger partial charge in [0.15, 0.2) is 0 Å². The Bertz CT molecular complexity index is 593. The van der Waals surface area contributed by atoms with Crippen molar-refractivity contribution in [1.29, 1.82) is 0 Å². The van der Waals surface area contributed by atoms with Crippen molar-refractivity contribution in [2.45, 2.75) is 46.5 Å². The second kappa shape index (κ2) is 8.18. The zero-order valence-corrected chi connectivity index (χ0v) is 14.5. The zero-order chi connectivity index (χ0) is 16.8.